The number of hydrogen-bond acceptors (Lipinski definition) is 4. The van der Waals surface area contributed by atoms with E-state index in [4.69, 9.17) is 4.74 Å². The van der Waals surface area contributed by atoms with Crippen molar-refractivity contribution in [2.24, 2.45) is 4.99 Å². The third-order valence-corrected chi connectivity index (χ3v) is 5.03. The van der Waals surface area contributed by atoms with Gasteiger partial charge in [-0.25, -0.2) is 4.99 Å². The number of para-hydroxylation sites is 1. The van der Waals surface area contributed by atoms with Crippen molar-refractivity contribution in [1.82, 2.24) is 20.9 Å². The van der Waals surface area contributed by atoms with Crippen molar-refractivity contribution in [3.05, 3.63) is 29.8 Å². The molecule has 1 saturated heterocycles. The number of amides is 1. The van der Waals surface area contributed by atoms with Crippen molar-refractivity contribution in [3.8, 4) is 5.75 Å². The molecule has 0 bridgehead atoms. The van der Waals surface area contributed by atoms with Crippen LogP contribution in [0.2, 0.25) is 0 Å². The largest absolute Gasteiger partial charge is 0.496 e. The van der Waals surface area contributed by atoms with Gasteiger partial charge in [-0.1, -0.05) is 24.6 Å². The van der Waals surface area contributed by atoms with E-state index in [0.717, 1.165) is 25.4 Å². The van der Waals surface area contributed by atoms with Crippen LogP contribution >= 0.6 is 0 Å². The van der Waals surface area contributed by atoms with Crippen LogP contribution in [0, 0.1) is 0 Å². The fourth-order valence-corrected chi connectivity index (χ4v) is 3.75. The normalized spacial score (nSPS) is 16.6. The van der Waals surface area contributed by atoms with Gasteiger partial charge in [-0.05, 0) is 59.7 Å². The Bertz CT molecular complexity index is 693. The second-order valence-corrected chi connectivity index (χ2v) is 8.73. The SMILES string of the molecule is CCNC(=NCC(=O)NC(C)(C)C)NCC(c1ccccc1OC)N1CCCCC1. The minimum atomic E-state index is -0.262. The van der Waals surface area contributed by atoms with Crippen molar-refractivity contribution < 1.29 is 9.53 Å². The minimum Gasteiger partial charge on any atom is -0.496 e. The summed E-state index contributed by atoms with van der Waals surface area (Å²) >= 11 is 0. The van der Waals surface area contributed by atoms with Gasteiger partial charge >= 0.3 is 0 Å². The number of guanidine groups is 1. The van der Waals surface area contributed by atoms with Gasteiger partial charge in [-0.2, -0.15) is 0 Å². The highest BCUT2D eigenvalue weighted by molar-refractivity contribution is 5.85. The summed E-state index contributed by atoms with van der Waals surface area (Å²) in [5.41, 5.74) is 0.914. The van der Waals surface area contributed by atoms with Gasteiger partial charge in [0, 0.05) is 24.2 Å². The number of nitrogens with one attached hydrogen (secondary N) is 3. The number of piperidine rings is 1. The average molecular weight is 418 g/mol. The number of hydrogen-bond donors (Lipinski definition) is 3. The molecular formula is C23H39N5O2. The standard InChI is InChI=1S/C23H39N5O2/c1-6-24-22(26-17-21(29)27-23(2,3)4)25-16-19(28-14-10-7-11-15-28)18-12-8-9-13-20(18)30-5/h8-9,12-13,19H,6-7,10-11,14-17H2,1-5H3,(H,27,29)(H2,24,25,26). The summed E-state index contributed by atoms with van der Waals surface area (Å²) in [6.07, 6.45) is 3.72. The van der Waals surface area contributed by atoms with Gasteiger partial charge in [0.2, 0.25) is 5.91 Å². The van der Waals surface area contributed by atoms with Gasteiger partial charge < -0.3 is 20.7 Å². The van der Waals surface area contributed by atoms with Crippen LogP contribution in [0.4, 0.5) is 0 Å². The van der Waals surface area contributed by atoms with Gasteiger partial charge in [-0.15, -0.1) is 0 Å². The predicted molar refractivity (Wildman–Crippen MR) is 123 cm³/mol. The number of aliphatic imine (C=N–C) groups is 1. The van der Waals surface area contributed by atoms with E-state index < -0.39 is 0 Å². The molecule has 0 spiro atoms. The fourth-order valence-electron chi connectivity index (χ4n) is 3.75. The molecular weight excluding hydrogens is 378 g/mol. The molecule has 1 aromatic rings. The van der Waals surface area contributed by atoms with Crippen molar-refractivity contribution >= 4 is 11.9 Å². The van der Waals surface area contributed by atoms with E-state index in [0.29, 0.717) is 12.5 Å². The Morgan fingerprint density at radius 1 is 1.17 bits per heavy atom. The number of methoxy groups -OCH3 is 1. The minimum absolute atomic E-state index is 0.0861. The summed E-state index contributed by atoms with van der Waals surface area (Å²) in [5, 5.41) is 9.64. The molecule has 1 amide bonds. The molecule has 7 nitrogen and oxygen atoms in total. The number of ether oxygens (including phenoxy) is 1. The molecule has 1 atom stereocenters. The molecule has 7 heteroatoms. The number of likely N-dealkylation sites (tertiary alicyclic amines) is 1. The van der Waals surface area contributed by atoms with Crippen LogP contribution in [-0.4, -0.2) is 62.1 Å². The zero-order valence-corrected chi connectivity index (χ0v) is 19.3. The van der Waals surface area contributed by atoms with E-state index in [1.54, 1.807) is 7.11 Å². The number of nitrogens with zero attached hydrogens (tertiary/aromatic N) is 2. The molecule has 1 unspecified atom stereocenters. The van der Waals surface area contributed by atoms with Gasteiger partial charge in [0.25, 0.3) is 0 Å². The lowest BCUT2D eigenvalue weighted by molar-refractivity contribution is -0.121. The molecule has 1 heterocycles. The molecule has 1 fully saturated rings. The smallest absolute Gasteiger partial charge is 0.242 e. The maximum Gasteiger partial charge on any atom is 0.242 e. The lowest BCUT2D eigenvalue weighted by Crippen LogP contribution is -2.45. The van der Waals surface area contributed by atoms with Crippen LogP contribution in [0.5, 0.6) is 5.75 Å². The molecule has 3 N–H and O–H groups in total. The van der Waals surface area contributed by atoms with Crippen LogP contribution < -0.4 is 20.7 Å². The second kappa shape index (κ2) is 11.8. The molecule has 0 aromatic heterocycles. The first-order valence-electron chi connectivity index (χ1n) is 11.0. The zero-order chi connectivity index (χ0) is 22.0. The quantitative estimate of drug-likeness (QED) is 0.448. The summed E-state index contributed by atoms with van der Waals surface area (Å²) in [5.74, 6) is 1.47. The van der Waals surface area contributed by atoms with E-state index in [-0.39, 0.29) is 24.0 Å². The monoisotopic (exact) mass is 417 g/mol. The zero-order valence-electron chi connectivity index (χ0n) is 19.3. The molecule has 30 heavy (non-hydrogen) atoms. The summed E-state index contributed by atoms with van der Waals surface area (Å²) in [7, 11) is 1.72. The van der Waals surface area contributed by atoms with Crippen molar-refractivity contribution in [2.45, 2.75) is 58.5 Å². The highest BCUT2D eigenvalue weighted by Crippen LogP contribution is 2.30. The van der Waals surface area contributed by atoms with E-state index in [2.05, 4.69) is 38.0 Å². The van der Waals surface area contributed by atoms with Crippen LogP contribution in [-0.2, 0) is 4.79 Å². The summed E-state index contributed by atoms with van der Waals surface area (Å²) in [6, 6.07) is 8.39. The molecule has 168 valence electrons. The molecule has 1 aromatic carbocycles. The molecule has 2 rings (SSSR count). The van der Waals surface area contributed by atoms with Crippen LogP contribution in [0.1, 0.15) is 58.6 Å². The number of benzene rings is 1. The van der Waals surface area contributed by atoms with Gasteiger partial charge in [0.1, 0.15) is 12.3 Å². The first kappa shape index (κ1) is 24.0. The van der Waals surface area contributed by atoms with E-state index in [1.807, 2.05) is 39.8 Å². The first-order valence-corrected chi connectivity index (χ1v) is 11.0. The highest BCUT2D eigenvalue weighted by atomic mass is 16.5. The third kappa shape index (κ3) is 7.86. The van der Waals surface area contributed by atoms with Gasteiger partial charge in [0.15, 0.2) is 5.96 Å². The lowest BCUT2D eigenvalue weighted by atomic mass is 10.0. The van der Waals surface area contributed by atoms with E-state index in [1.165, 1.54) is 24.8 Å². The molecule has 0 aliphatic carbocycles. The Morgan fingerprint density at radius 3 is 2.50 bits per heavy atom. The summed E-state index contributed by atoms with van der Waals surface area (Å²) in [4.78, 5) is 19.2. The van der Waals surface area contributed by atoms with Crippen molar-refractivity contribution in [2.75, 3.05) is 39.8 Å². The van der Waals surface area contributed by atoms with Crippen LogP contribution in [0.3, 0.4) is 0 Å². The Balaban J connectivity index is 2.12. The fraction of sp³-hybridized carbons (Fsp3) is 0.652. The topological polar surface area (TPSA) is 78.0 Å². The molecule has 0 saturated carbocycles. The predicted octanol–water partition coefficient (Wildman–Crippen LogP) is 2.69. The Kier molecular flexibility index (Phi) is 9.43. The molecule has 1 aliphatic rings. The van der Waals surface area contributed by atoms with Gasteiger partial charge in [0.05, 0.1) is 13.2 Å². The maximum atomic E-state index is 12.2. The lowest BCUT2D eigenvalue weighted by Gasteiger charge is -2.35. The van der Waals surface area contributed by atoms with Crippen LogP contribution in [0.15, 0.2) is 29.3 Å². The molecule has 0 radical (unpaired) electrons. The maximum absolute atomic E-state index is 12.2. The van der Waals surface area contributed by atoms with Crippen molar-refractivity contribution in [1.29, 1.82) is 0 Å². The number of carbonyl (C=O) groups is 1. The van der Waals surface area contributed by atoms with Crippen molar-refractivity contribution in [3.63, 3.8) is 0 Å². The summed E-state index contributed by atoms with van der Waals surface area (Å²) < 4.78 is 5.64. The average Bonchev–Trinajstić information content (AvgIpc) is 2.72. The summed E-state index contributed by atoms with van der Waals surface area (Å²) in [6.45, 7) is 11.6. The Morgan fingerprint density at radius 2 is 1.87 bits per heavy atom. The number of rotatable bonds is 8. The molecule has 1 aliphatic heterocycles. The number of carbonyl (C=O) groups excluding carboxylic acids is 1. The third-order valence-electron chi connectivity index (χ3n) is 5.03. The van der Waals surface area contributed by atoms with E-state index in [9.17, 15) is 4.79 Å². The van der Waals surface area contributed by atoms with Gasteiger partial charge in [-0.3, -0.25) is 9.69 Å². The first-order chi connectivity index (χ1) is 14.3. The highest BCUT2D eigenvalue weighted by Gasteiger charge is 2.25. The van der Waals surface area contributed by atoms with Crippen LogP contribution in [0.25, 0.3) is 0 Å². The van der Waals surface area contributed by atoms with E-state index >= 15 is 0 Å². The second-order valence-electron chi connectivity index (χ2n) is 8.73. The Hall–Kier alpha value is -2.28. The Labute approximate surface area is 181 Å².